The van der Waals surface area contributed by atoms with E-state index in [1.807, 2.05) is 43.3 Å². The van der Waals surface area contributed by atoms with Crippen molar-refractivity contribution in [3.63, 3.8) is 0 Å². The molecule has 4 nitrogen and oxygen atoms in total. The Balaban J connectivity index is 1.66. The zero-order chi connectivity index (χ0) is 15.5. The lowest BCUT2D eigenvalue weighted by atomic mass is 10.1. The van der Waals surface area contributed by atoms with E-state index in [0.717, 1.165) is 24.0 Å². The third-order valence-corrected chi connectivity index (χ3v) is 4.04. The first-order valence-corrected chi connectivity index (χ1v) is 7.40. The van der Waals surface area contributed by atoms with Crippen LogP contribution in [-0.4, -0.2) is 11.8 Å². The van der Waals surface area contributed by atoms with Crippen LogP contribution in [0.25, 0.3) is 0 Å². The molecule has 1 aliphatic rings. The van der Waals surface area contributed by atoms with E-state index >= 15 is 0 Å². The van der Waals surface area contributed by atoms with Gasteiger partial charge in [-0.15, -0.1) is 0 Å². The topological polar surface area (TPSA) is 58.2 Å². The second kappa shape index (κ2) is 6.02. The van der Waals surface area contributed by atoms with Gasteiger partial charge in [0, 0.05) is 5.69 Å². The zero-order valence-corrected chi connectivity index (χ0v) is 12.4. The molecule has 0 fully saturated rings. The number of anilines is 1. The monoisotopic (exact) mass is 294 g/mol. The van der Waals surface area contributed by atoms with E-state index in [1.165, 1.54) is 5.56 Å². The fourth-order valence-corrected chi connectivity index (χ4v) is 2.82. The molecular formula is C18H18N2O2. The highest BCUT2D eigenvalue weighted by molar-refractivity contribution is 6.39. The Morgan fingerprint density at radius 3 is 2.55 bits per heavy atom. The Labute approximate surface area is 129 Å². The predicted octanol–water partition coefficient (Wildman–Crippen LogP) is 2.74. The molecule has 2 aromatic carbocycles. The van der Waals surface area contributed by atoms with E-state index in [1.54, 1.807) is 6.07 Å². The Morgan fingerprint density at radius 2 is 1.73 bits per heavy atom. The van der Waals surface area contributed by atoms with Gasteiger partial charge in [0.15, 0.2) is 0 Å². The lowest BCUT2D eigenvalue weighted by Gasteiger charge is -2.14. The molecular weight excluding hydrogens is 276 g/mol. The van der Waals surface area contributed by atoms with Crippen molar-refractivity contribution in [2.75, 3.05) is 5.32 Å². The number of amides is 2. The minimum atomic E-state index is -0.626. The number of hydrogen-bond acceptors (Lipinski definition) is 2. The molecule has 3 rings (SSSR count). The number of hydrogen-bond donors (Lipinski definition) is 2. The summed E-state index contributed by atoms with van der Waals surface area (Å²) in [4.78, 5) is 24.1. The van der Waals surface area contributed by atoms with Crippen LogP contribution in [0.4, 0.5) is 5.69 Å². The van der Waals surface area contributed by atoms with Crippen LogP contribution in [0.3, 0.4) is 0 Å². The smallest absolute Gasteiger partial charge is 0.313 e. The molecule has 4 heteroatoms. The van der Waals surface area contributed by atoms with Crippen LogP contribution in [0.15, 0.2) is 48.5 Å². The van der Waals surface area contributed by atoms with Crippen LogP contribution in [-0.2, 0) is 16.0 Å². The van der Waals surface area contributed by atoms with E-state index in [9.17, 15) is 9.59 Å². The van der Waals surface area contributed by atoms with Crippen molar-refractivity contribution in [1.82, 2.24) is 5.32 Å². The second-order valence-corrected chi connectivity index (χ2v) is 5.53. The Morgan fingerprint density at radius 1 is 1.00 bits per heavy atom. The van der Waals surface area contributed by atoms with E-state index in [0.29, 0.717) is 5.69 Å². The molecule has 1 aliphatic carbocycles. The molecule has 0 saturated heterocycles. The fourth-order valence-electron chi connectivity index (χ4n) is 2.82. The van der Waals surface area contributed by atoms with Crippen molar-refractivity contribution in [3.05, 3.63) is 65.2 Å². The van der Waals surface area contributed by atoms with Crippen LogP contribution < -0.4 is 10.6 Å². The largest absolute Gasteiger partial charge is 0.341 e. The van der Waals surface area contributed by atoms with Gasteiger partial charge in [-0.25, -0.2) is 0 Å². The summed E-state index contributed by atoms with van der Waals surface area (Å²) in [6.07, 6.45) is 1.77. The van der Waals surface area contributed by atoms with Crippen LogP contribution in [0.5, 0.6) is 0 Å². The zero-order valence-electron chi connectivity index (χ0n) is 12.4. The van der Waals surface area contributed by atoms with Gasteiger partial charge in [-0.05, 0) is 42.5 Å². The average molecular weight is 294 g/mol. The van der Waals surface area contributed by atoms with E-state index < -0.39 is 11.8 Å². The maximum absolute atomic E-state index is 12.1. The SMILES string of the molecule is Cc1ccccc1NC(=O)C(=O)NC1CCc2ccccc21. The first-order chi connectivity index (χ1) is 10.6. The first kappa shape index (κ1) is 14.3. The molecule has 0 bridgehead atoms. The molecule has 2 amide bonds. The summed E-state index contributed by atoms with van der Waals surface area (Å²) < 4.78 is 0. The Kier molecular flexibility index (Phi) is 3.92. The van der Waals surface area contributed by atoms with E-state index in [4.69, 9.17) is 0 Å². The van der Waals surface area contributed by atoms with Crippen LogP contribution in [0, 0.1) is 6.92 Å². The highest BCUT2D eigenvalue weighted by Crippen LogP contribution is 2.30. The number of rotatable bonds is 2. The van der Waals surface area contributed by atoms with Gasteiger partial charge in [-0.1, -0.05) is 42.5 Å². The van der Waals surface area contributed by atoms with Gasteiger partial charge in [0.2, 0.25) is 0 Å². The van der Waals surface area contributed by atoms with Crippen molar-refractivity contribution in [2.45, 2.75) is 25.8 Å². The number of benzene rings is 2. The van der Waals surface area contributed by atoms with Gasteiger partial charge < -0.3 is 10.6 Å². The molecule has 0 heterocycles. The highest BCUT2D eigenvalue weighted by Gasteiger charge is 2.25. The highest BCUT2D eigenvalue weighted by atomic mass is 16.2. The fraction of sp³-hybridized carbons (Fsp3) is 0.222. The Hall–Kier alpha value is -2.62. The molecule has 0 radical (unpaired) electrons. The average Bonchev–Trinajstić information content (AvgIpc) is 2.93. The summed E-state index contributed by atoms with van der Waals surface area (Å²) in [5.41, 5.74) is 3.94. The molecule has 22 heavy (non-hydrogen) atoms. The molecule has 112 valence electrons. The van der Waals surface area contributed by atoms with E-state index in [2.05, 4.69) is 16.7 Å². The number of carbonyl (C=O) groups excluding carboxylic acids is 2. The minimum Gasteiger partial charge on any atom is -0.341 e. The number of fused-ring (bicyclic) bond motifs is 1. The molecule has 0 aliphatic heterocycles. The van der Waals surface area contributed by atoms with Crippen LogP contribution in [0.2, 0.25) is 0 Å². The van der Waals surface area contributed by atoms with Gasteiger partial charge >= 0.3 is 11.8 Å². The van der Waals surface area contributed by atoms with Crippen molar-refractivity contribution >= 4 is 17.5 Å². The van der Waals surface area contributed by atoms with Gasteiger partial charge in [0.1, 0.15) is 0 Å². The van der Waals surface area contributed by atoms with Crippen LogP contribution >= 0.6 is 0 Å². The second-order valence-electron chi connectivity index (χ2n) is 5.53. The summed E-state index contributed by atoms with van der Waals surface area (Å²) in [6, 6.07) is 15.3. The maximum Gasteiger partial charge on any atom is 0.313 e. The number of para-hydroxylation sites is 1. The van der Waals surface area contributed by atoms with Crippen LogP contribution in [0.1, 0.15) is 29.2 Å². The standard InChI is InChI=1S/C18H18N2O2/c1-12-6-2-5-9-15(12)19-17(21)18(22)20-16-11-10-13-7-3-4-8-14(13)16/h2-9,16H,10-11H2,1H3,(H,19,21)(H,20,22). The molecule has 0 saturated carbocycles. The summed E-state index contributed by atoms with van der Waals surface area (Å²) in [5.74, 6) is -1.22. The van der Waals surface area contributed by atoms with Crippen molar-refractivity contribution in [3.8, 4) is 0 Å². The lowest BCUT2D eigenvalue weighted by Crippen LogP contribution is -2.37. The quantitative estimate of drug-likeness (QED) is 0.837. The molecule has 1 unspecified atom stereocenters. The van der Waals surface area contributed by atoms with Crippen molar-refractivity contribution in [1.29, 1.82) is 0 Å². The van der Waals surface area contributed by atoms with E-state index in [-0.39, 0.29) is 6.04 Å². The molecule has 1 atom stereocenters. The first-order valence-electron chi connectivity index (χ1n) is 7.40. The molecule has 0 aromatic heterocycles. The predicted molar refractivity (Wildman–Crippen MR) is 85.5 cm³/mol. The summed E-state index contributed by atoms with van der Waals surface area (Å²) in [5, 5.41) is 5.48. The lowest BCUT2D eigenvalue weighted by molar-refractivity contribution is -0.136. The minimum absolute atomic E-state index is 0.0775. The molecule has 0 spiro atoms. The Bertz CT molecular complexity index is 725. The van der Waals surface area contributed by atoms with Crippen molar-refractivity contribution in [2.24, 2.45) is 0 Å². The summed E-state index contributed by atoms with van der Waals surface area (Å²) in [6.45, 7) is 1.89. The summed E-state index contributed by atoms with van der Waals surface area (Å²) >= 11 is 0. The molecule has 2 N–H and O–H groups in total. The normalized spacial score (nSPS) is 16.0. The van der Waals surface area contributed by atoms with Gasteiger partial charge in [-0.2, -0.15) is 0 Å². The maximum atomic E-state index is 12.1. The van der Waals surface area contributed by atoms with Gasteiger partial charge in [0.05, 0.1) is 6.04 Å². The third-order valence-electron chi connectivity index (χ3n) is 4.04. The van der Waals surface area contributed by atoms with Gasteiger partial charge in [-0.3, -0.25) is 9.59 Å². The number of nitrogens with one attached hydrogen (secondary N) is 2. The third kappa shape index (κ3) is 2.86. The van der Waals surface area contributed by atoms with Crippen molar-refractivity contribution < 1.29 is 9.59 Å². The molecule has 2 aromatic rings. The number of aryl methyl sites for hydroxylation is 2. The van der Waals surface area contributed by atoms with Gasteiger partial charge in [0.25, 0.3) is 0 Å². The number of carbonyl (C=O) groups is 2. The summed E-state index contributed by atoms with van der Waals surface area (Å²) in [7, 11) is 0.